The van der Waals surface area contributed by atoms with Crippen molar-refractivity contribution in [2.24, 2.45) is 5.10 Å². The molecule has 0 aliphatic carbocycles. The molecule has 0 bridgehead atoms. The Morgan fingerprint density at radius 3 is 2.67 bits per heavy atom. The van der Waals surface area contributed by atoms with E-state index in [0.717, 1.165) is 15.9 Å². The van der Waals surface area contributed by atoms with Crippen LogP contribution in [-0.4, -0.2) is 11.2 Å². The maximum absolute atomic E-state index is 4.09. The highest BCUT2D eigenvalue weighted by Crippen LogP contribution is 2.13. The van der Waals surface area contributed by atoms with Gasteiger partial charge in [-0.3, -0.25) is 5.43 Å². The monoisotopic (exact) mass is 263 g/mol. The van der Waals surface area contributed by atoms with Crippen LogP contribution in [0.4, 0.5) is 5.69 Å². The molecule has 76 valence electrons. The van der Waals surface area contributed by atoms with Crippen molar-refractivity contribution < 1.29 is 0 Å². The van der Waals surface area contributed by atoms with Crippen molar-refractivity contribution in [1.82, 2.24) is 4.98 Å². The molecule has 0 saturated carbocycles. The van der Waals surface area contributed by atoms with Crippen molar-refractivity contribution in [3.05, 3.63) is 52.8 Å². The molecule has 0 saturated heterocycles. The number of benzene rings is 1. The smallest absolute Gasteiger partial charge is 0.0707 e. The fraction of sp³-hybridized carbons (Fsp3) is 0. The molecular weight excluding hydrogens is 254 g/mol. The molecular formula is C11H10BrN3. The lowest BCUT2D eigenvalue weighted by Crippen LogP contribution is -1.89. The topological polar surface area (TPSA) is 40.2 Å². The van der Waals surface area contributed by atoms with E-state index in [1.54, 1.807) is 6.21 Å². The summed E-state index contributed by atoms with van der Waals surface area (Å²) in [6.45, 7) is 0. The van der Waals surface area contributed by atoms with Crippen LogP contribution in [0.2, 0.25) is 0 Å². The van der Waals surface area contributed by atoms with Crippen molar-refractivity contribution in [1.29, 1.82) is 0 Å². The van der Waals surface area contributed by atoms with Crippen molar-refractivity contribution in [3.8, 4) is 0 Å². The van der Waals surface area contributed by atoms with Gasteiger partial charge in [-0.25, -0.2) is 0 Å². The van der Waals surface area contributed by atoms with E-state index >= 15 is 0 Å². The van der Waals surface area contributed by atoms with Crippen LogP contribution < -0.4 is 5.43 Å². The van der Waals surface area contributed by atoms with Crippen LogP contribution >= 0.6 is 15.9 Å². The summed E-state index contributed by atoms with van der Waals surface area (Å²) in [4.78, 5) is 3.04. The number of rotatable bonds is 3. The number of hydrazone groups is 1. The van der Waals surface area contributed by atoms with E-state index in [1.807, 2.05) is 42.6 Å². The van der Waals surface area contributed by atoms with Crippen LogP contribution in [0, 0.1) is 0 Å². The second-order valence-corrected chi connectivity index (χ2v) is 3.92. The molecule has 0 radical (unpaired) electrons. The van der Waals surface area contributed by atoms with E-state index < -0.39 is 0 Å². The highest BCUT2D eigenvalue weighted by atomic mass is 79.9. The van der Waals surface area contributed by atoms with Crippen LogP contribution in [-0.2, 0) is 0 Å². The summed E-state index contributed by atoms with van der Waals surface area (Å²) in [6, 6.07) is 11.7. The third-order valence-electron chi connectivity index (χ3n) is 1.86. The number of hydrogen-bond acceptors (Lipinski definition) is 2. The Hall–Kier alpha value is -1.55. The summed E-state index contributed by atoms with van der Waals surface area (Å²) in [7, 11) is 0. The van der Waals surface area contributed by atoms with E-state index in [-0.39, 0.29) is 0 Å². The van der Waals surface area contributed by atoms with Gasteiger partial charge in [0.1, 0.15) is 0 Å². The Balaban J connectivity index is 1.96. The number of anilines is 1. The van der Waals surface area contributed by atoms with Crippen LogP contribution in [0.25, 0.3) is 0 Å². The molecule has 1 aromatic carbocycles. The minimum atomic E-state index is 0.959. The number of halogens is 1. The highest BCUT2D eigenvalue weighted by Gasteiger charge is 1.89. The van der Waals surface area contributed by atoms with E-state index in [4.69, 9.17) is 0 Å². The molecule has 0 spiro atoms. The SMILES string of the molecule is Brc1ccc(N/N=C\c2ccc[nH]2)cc1. The molecule has 3 nitrogen and oxygen atoms in total. The van der Waals surface area contributed by atoms with Gasteiger partial charge < -0.3 is 4.98 Å². The minimum absolute atomic E-state index is 0.959. The number of H-pyrrole nitrogens is 1. The van der Waals surface area contributed by atoms with Gasteiger partial charge in [0.15, 0.2) is 0 Å². The van der Waals surface area contributed by atoms with Gasteiger partial charge >= 0.3 is 0 Å². The Morgan fingerprint density at radius 1 is 1.20 bits per heavy atom. The van der Waals surface area contributed by atoms with Crippen molar-refractivity contribution in [2.75, 3.05) is 5.43 Å². The first-order valence-electron chi connectivity index (χ1n) is 4.52. The maximum Gasteiger partial charge on any atom is 0.0707 e. The second-order valence-electron chi connectivity index (χ2n) is 3.00. The Morgan fingerprint density at radius 2 is 2.00 bits per heavy atom. The van der Waals surface area contributed by atoms with Gasteiger partial charge in [-0.15, -0.1) is 0 Å². The van der Waals surface area contributed by atoms with Gasteiger partial charge in [0.25, 0.3) is 0 Å². The van der Waals surface area contributed by atoms with Gasteiger partial charge in [-0.1, -0.05) is 15.9 Å². The van der Waals surface area contributed by atoms with Gasteiger partial charge in [0.05, 0.1) is 17.6 Å². The number of aromatic amines is 1. The van der Waals surface area contributed by atoms with E-state index in [9.17, 15) is 0 Å². The number of nitrogens with one attached hydrogen (secondary N) is 2. The summed E-state index contributed by atoms with van der Waals surface area (Å²) in [5, 5.41) is 4.09. The molecule has 2 N–H and O–H groups in total. The Kier molecular flexibility index (Phi) is 3.19. The minimum Gasteiger partial charge on any atom is -0.360 e. The van der Waals surface area contributed by atoms with Crippen molar-refractivity contribution in [3.63, 3.8) is 0 Å². The van der Waals surface area contributed by atoms with Gasteiger partial charge in [0.2, 0.25) is 0 Å². The summed E-state index contributed by atoms with van der Waals surface area (Å²) >= 11 is 3.37. The van der Waals surface area contributed by atoms with E-state index in [2.05, 4.69) is 31.4 Å². The van der Waals surface area contributed by atoms with Crippen LogP contribution in [0.5, 0.6) is 0 Å². The fourth-order valence-electron chi connectivity index (χ4n) is 1.13. The summed E-state index contributed by atoms with van der Waals surface area (Å²) in [5.74, 6) is 0. The number of nitrogens with zero attached hydrogens (tertiary/aromatic N) is 1. The molecule has 2 aromatic rings. The molecule has 1 aromatic heterocycles. The molecule has 0 fully saturated rings. The van der Waals surface area contributed by atoms with Crippen molar-refractivity contribution in [2.45, 2.75) is 0 Å². The maximum atomic E-state index is 4.09. The zero-order valence-corrected chi connectivity index (χ0v) is 9.53. The first kappa shape index (κ1) is 9.98. The normalized spacial score (nSPS) is 10.7. The average molecular weight is 264 g/mol. The average Bonchev–Trinajstić information content (AvgIpc) is 2.74. The standard InChI is InChI=1S/C11H10BrN3/c12-9-3-5-10(6-4-9)15-14-8-11-2-1-7-13-11/h1-8,13,15H/b14-8-. The predicted octanol–water partition coefficient (Wildman–Crippen LogP) is 3.22. The number of hydrogen-bond donors (Lipinski definition) is 2. The summed E-state index contributed by atoms with van der Waals surface area (Å²) in [5.41, 5.74) is 4.87. The van der Waals surface area contributed by atoms with Crippen LogP contribution in [0.3, 0.4) is 0 Å². The molecule has 0 amide bonds. The summed E-state index contributed by atoms with van der Waals surface area (Å²) in [6.07, 6.45) is 3.60. The molecule has 0 aliphatic rings. The lowest BCUT2D eigenvalue weighted by atomic mass is 10.3. The van der Waals surface area contributed by atoms with E-state index in [1.165, 1.54) is 0 Å². The van der Waals surface area contributed by atoms with Gasteiger partial charge in [-0.2, -0.15) is 5.10 Å². The van der Waals surface area contributed by atoms with E-state index in [0.29, 0.717) is 0 Å². The Bertz CT molecular complexity index is 431. The molecule has 0 aliphatic heterocycles. The van der Waals surface area contributed by atoms with Crippen LogP contribution in [0.1, 0.15) is 5.69 Å². The third-order valence-corrected chi connectivity index (χ3v) is 2.39. The first-order chi connectivity index (χ1) is 7.34. The molecule has 1 heterocycles. The zero-order chi connectivity index (χ0) is 10.5. The predicted molar refractivity (Wildman–Crippen MR) is 66.2 cm³/mol. The van der Waals surface area contributed by atoms with Gasteiger partial charge in [0, 0.05) is 10.7 Å². The first-order valence-corrected chi connectivity index (χ1v) is 5.32. The largest absolute Gasteiger partial charge is 0.360 e. The quantitative estimate of drug-likeness (QED) is 0.648. The molecule has 0 unspecified atom stereocenters. The molecule has 4 heteroatoms. The second kappa shape index (κ2) is 4.79. The lowest BCUT2D eigenvalue weighted by Gasteiger charge is -1.98. The lowest BCUT2D eigenvalue weighted by molar-refractivity contribution is 1.32. The highest BCUT2D eigenvalue weighted by molar-refractivity contribution is 9.10. The Labute approximate surface area is 96.3 Å². The van der Waals surface area contributed by atoms with Crippen molar-refractivity contribution >= 4 is 27.8 Å². The van der Waals surface area contributed by atoms with Gasteiger partial charge in [-0.05, 0) is 36.4 Å². The molecule has 0 atom stereocenters. The molecule has 2 rings (SSSR count). The fourth-order valence-corrected chi connectivity index (χ4v) is 1.39. The molecule has 15 heavy (non-hydrogen) atoms. The number of aromatic nitrogens is 1. The third kappa shape index (κ3) is 2.95. The zero-order valence-electron chi connectivity index (χ0n) is 7.94. The van der Waals surface area contributed by atoms with Crippen LogP contribution in [0.15, 0.2) is 52.2 Å². The summed E-state index contributed by atoms with van der Waals surface area (Å²) < 4.78 is 1.06.